The summed E-state index contributed by atoms with van der Waals surface area (Å²) in [4.78, 5) is 29.0. The zero-order chi connectivity index (χ0) is 21.7. The van der Waals surface area contributed by atoms with Crippen molar-refractivity contribution in [2.75, 3.05) is 47.9 Å². The van der Waals surface area contributed by atoms with E-state index >= 15 is 0 Å². The number of nitrogens with one attached hydrogen (secondary N) is 1. The van der Waals surface area contributed by atoms with Gasteiger partial charge in [0.05, 0.1) is 11.5 Å². The molecule has 2 aromatic rings. The lowest BCUT2D eigenvalue weighted by Crippen LogP contribution is -2.49. The summed E-state index contributed by atoms with van der Waals surface area (Å²) in [5.74, 6) is 0.657. The number of hydrogen-bond acceptors (Lipinski definition) is 4. The van der Waals surface area contributed by atoms with Gasteiger partial charge < -0.3 is 15.1 Å². The first-order chi connectivity index (χ1) is 14.3. The van der Waals surface area contributed by atoms with Gasteiger partial charge in [-0.05, 0) is 56.5 Å². The molecule has 30 heavy (non-hydrogen) atoms. The lowest BCUT2D eigenvalue weighted by molar-refractivity contribution is -0.128. The third kappa shape index (κ3) is 5.57. The molecule has 0 bridgehead atoms. The molecule has 1 fully saturated rings. The number of rotatable bonds is 6. The Bertz CT molecular complexity index is 921. The molecule has 0 spiro atoms. The minimum absolute atomic E-state index is 0.0699. The van der Waals surface area contributed by atoms with Crippen molar-refractivity contribution in [3.8, 4) is 0 Å². The maximum absolute atomic E-state index is 12.5. The Hall–Kier alpha value is -2.47. The van der Waals surface area contributed by atoms with E-state index in [-0.39, 0.29) is 17.6 Å². The second-order valence-corrected chi connectivity index (χ2v) is 8.93. The van der Waals surface area contributed by atoms with Gasteiger partial charge in [-0.1, -0.05) is 29.8 Å². The zero-order valence-corrected chi connectivity index (χ0v) is 19.1. The Balaban J connectivity index is 1.41. The normalized spacial score (nSPS) is 14.0. The number of hydrogen-bond donors (Lipinski definition) is 1. The van der Waals surface area contributed by atoms with Gasteiger partial charge in [0, 0.05) is 37.6 Å². The lowest BCUT2D eigenvalue weighted by Gasteiger charge is -2.37. The molecule has 2 aromatic carbocycles. The van der Waals surface area contributed by atoms with E-state index in [0.29, 0.717) is 5.75 Å². The van der Waals surface area contributed by atoms with Gasteiger partial charge in [0.1, 0.15) is 0 Å². The largest absolute Gasteiger partial charge is 0.368 e. The van der Waals surface area contributed by atoms with Crippen LogP contribution in [0.1, 0.15) is 22.3 Å². The first kappa shape index (κ1) is 22.2. The number of nitrogens with zero attached hydrogens (tertiary/aromatic N) is 2. The highest BCUT2D eigenvalue weighted by Crippen LogP contribution is 2.24. The summed E-state index contributed by atoms with van der Waals surface area (Å²) >= 11 is 1.38. The van der Waals surface area contributed by atoms with E-state index in [0.717, 1.165) is 37.4 Å². The molecule has 1 heterocycles. The van der Waals surface area contributed by atoms with E-state index in [1.165, 1.54) is 34.1 Å². The molecule has 6 heteroatoms. The molecule has 2 amide bonds. The smallest absolute Gasteiger partial charge is 0.234 e. The molecule has 1 aliphatic rings. The van der Waals surface area contributed by atoms with Gasteiger partial charge in [-0.25, -0.2) is 0 Å². The number of piperazine rings is 1. The fourth-order valence-corrected chi connectivity index (χ4v) is 4.45. The minimum atomic E-state index is -0.0699. The van der Waals surface area contributed by atoms with Gasteiger partial charge in [0.2, 0.25) is 11.8 Å². The number of carbonyl (C=O) groups is 2. The lowest BCUT2D eigenvalue weighted by atomic mass is 10.1. The van der Waals surface area contributed by atoms with Gasteiger partial charge in [-0.2, -0.15) is 0 Å². The summed E-state index contributed by atoms with van der Waals surface area (Å²) in [5.41, 5.74) is 6.91. The Morgan fingerprint density at radius 3 is 2.37 bits per heavy atom. The summed E-state index contributed by atoms with van der Waals surface area (Å²) in [6.45, 7) is 11.4. The van der Waals surface area contributed by atoms with Crippen molar-refractivity contribution in [1.29, 1.82) is 0 Å². The summed E-state index contributed by atoms with van der Waals surface area (Å²) in [7, 11) is 0. The second-order valence-electron chi connectivity index (χ2n) is 7.95. The zero-order valence-electron chi connectivity index (χ0n) is 18.3. The fraction of sp³-hybridized carbons (Fsp3) is 0.417. The molecule has 1 N–H and O–H groups in total. The molecule has 0 aliphatic carbocycles. The number of anilines is 2. The van der Waals surface area contributed by atoms with Crippen LogP contribution in [0.3, 0.4) is 0 Å². The molecule has 0 saturated carbocycles. The summed E-state index contributed by atoms with van der Waals surface area (Å²) in [6, 6.07) is 12.3. The van der Waals surface area contributed by atoms with Crippen molar-refractivity contribution in [1.82, 2.24) is 4.90 Å². The number of carbonyl (C=O) groups excluding carboxylic acids is 2. The Kier molecular flexibility index (Phi) is 7.43. The van der Waals surface area contributed by atoms with E-state index < -0.39 is 0 Å². The number of thioether (sulfide) groups is 1. The quantitative estimate of drug-likeness (QED) is 0.762. The van der Waals surface area contributed by atoms with E-state index in [2.05, 4.69) is 42.3 Å². The monoisotopic (exact) mass is 425 g/mol. The molecule has 0 radical (unpaired) electrons. The summed E-state index contributed by atoms with van der Waals surface area (Å²) in [6.07, 6.45) is 0. The molecule has 3 rings (SSSR count). The molecule has 0 atom stereocenters. The number of aryl methyl sites for hydroxylation is 3. The predicted molar refractivity (Wildman–Crippen MR) is 127 cm³/mol. The van der Waals surface area contributed by atoms with E-state index in [9.17, 15) is 9.59 Å². The molecule has 0 aromatic heterocycles. The van der Waals surface area contributed by atoms with Crippen LogP contribution in [0.2, 0.25) is 0 Å². The average molecular weight is 426 g/mol. The van der Waals surface area contributed by atoms with Crippen LogP contribution in [0.25, 0.3) is 0 Å². The minimum Gasteiger partial charge on any atom is -0.368 e. The van der Waals surface area contributed by atoms with Gasteiger partial charge in [-0.15, -0.1) is 11.8 Å². The molecule has 0 unspecified atom stereocenters. The average Bonchev–Trinajstić information content (AvgIpc) is 2.72. The van der Waals surface area contributed by atoms with E-state index in [1.807, 2.05) is 36.9 Å². The molecule has 5 nitrogen and oxygen atoms in total. The second kappa shape index (κ2) is 10.0. The highest BCUT2D eigenvalue weighted by molar-refractivity contribution is 8.00. The molecule has 1 saturated heterocycles. The third-order valence-corrected chi connectivity index (χ3v) is 6.58. The SMILES string of the molecule is Cc1ccc(NC(=O)CSCC(=O)N2CCN(c3cccc(C)c3C)CC2)c(C)c1. The molecular formula is C24H31N3O2S. The van der Waals surface area contributed by atoms with Crippen molar-refractivity contribution in [2.24, 2.45) is 0 Å². The van der Waals surface area contributed by atoms with E-state index in [4.69, 9.17) is 0 Å². The topological polar surface area (TPSA) is 52.7 Å². The van der Waals surface area contributed by atoms with Gasteiger partial charge in [0.15, 0.2) is 0 Å². The van der Waals surface area contributed by atoms with Crippen LogP contribution in [0.5, 0.6) is 0 Å². The van der Waals surface area contributed by atoms with Gasteiger partial charge in [-0.3, -0.25) is 9.59 Å². The van der Waals surface area contributed by atoms with Crippen LogP contribution >= 0.6 is 11.8 Å². The molecule has 160 valence electrons. The predicted octanol–water partition coefficient (Wildman–Crippen LogP) is 3.94. The van der Waals surface area contributed by atoms with Crippen LogP contribution in [-0.4, -0.2) is 54.4 Å². The Morgan fingerprint density at radius 2 is 1.67 bits per heavy atom. The van der Waals surface area contributed by atoms with E-state index in [1.54, 1.807) is 0 Å². The fourth-order valence-electron chi connectivity index (χ4n) is 3.74. The van der Waals surface area contributed by atoms with Crippen molar-refractivity contribution in [3.63, 3.8) is 0 Å². The maximum atomic E-state index is 12.5. The van der Waals surface area contributed by atoms with Crippen LogP contribution < -0.4 is 10.2 Å². The molecule has 1 aliphatic heterocycles. The van der Waals surface area contributed by atoms with Crippen molar-refractivity contribution in [3.05, 3.63) is 58.7 Å². The van der Waals surface area contributed by atoms with Crippen molar-refractivity contribution < 1.29 is 9.59 Å². The van der Waals surface area contributed by atoms with Crippen LogP contribution in [0, 0.1) is 27.7 Å². The third-order valence-electron chi connectivity index (χ3n) is 5.66. The highest BCUT2D eigenvalue weighted by atomic mass is 32.2. The summed E-state index contributed by atoms with van der Waals surface area (Å²) < 4.78 is 0. The van der Waals surface area contributed by atoms with Gasteiger partial charge in [0.25, 0.3) is 0 Å². The summed E-state index contributed by atoms with van der Waals surface area (Å²) in [5, 5.41) is 2.93. The Morgan fingerprint density at radius 1 is 0.933 bits per heavy atom. The van der Waals surface area contributed by atoms with Crippen molar-refractivity contribution >= 4 is 35.0 Å². The first-order valence-electron chi connectivity index (χ1n) is 10.4. The number of amides is 2. The van der Waals surface area contributed by atoms with Gasteiger partial charge >= 0.3 is 0 Å². The van der Waals surface area contributed by atoms with Crippen LogP contribution in [0.15, 0.2) is 36.4 Å². The van der Waals surface area contributed by atoms with Crippen molar-refractivity contribution in [2.45, 2.75) is 27.7 Å². The van der Waals surface area contributed by atoms with Crippen LogP contribution in [-0.2, 0) is 9.59 Å². The molecular weight excluding hydrogens is 394 g/mol. The Labute approximate surface area is 183 Å². The standard InChI is InChI=1S/C24H31N3O2S/c1-17-8-9-21(19(3)14-17)25-23(28)15-30-16-24(29)27-12-10-26(11-13-27)22-7-5-6-18(2)20(22)4/h5-9,14H,10-13,15-16H2,1-4H3,(H,25,28). The maximum Gasteiger partial charge on any atom is 0.234 e. The van der Waals surface area contributed by atoms with Crippen LogP contribution in [0.4, 0.5) is 11.4 Å². The first-order valence-corrected chi connectivity index (χ1v) is 11.5. The highest BCUT2D eigenvalue weighted by Gasteiger charge is 2.22. The number of benzene rings is 2.